The maximum absolute atomic E-state index is 9.56. The number of ether oxygens (including phenoxy) is 2. The lowest BCUT2D eigenvalue weighted by Crippen LogP contribution is -2.67. The number of rotatable bonds is 3. The molecule has 5 N–H and O–H groups in total. The van der Waals surface area contributed by atoms with Gasteiger partial charge in [-0.05, 0) is 0 Å². The van der Waals surface area contributed by atoms with E-state index in [0.29, 0.717) is 0 Å². The molecule has 0 aromatic heterocycles. The largest absolute Gasteiger partial charge is 0.393 e. The molecule has 7 nitrogen and oxygen atoms in total. The Morgan fingerprint density at radius 1 is 1.13 bits per heavy atom. The number of hydrogen-bond donors (Lipinski definition) is 5. The van der Waals surface area contributed by atoms with Crippen molar-refractivity contribution in [2.75, 3.05) is 20.3 Å². The molecule has 4 atom stereocenters. The van der Waals surface area contributed by atoms with Crippen LogP contribution in [0.1, 0.15) is 0 Å². The second-order valence-corrected chi connectivity index (χ2v) is 3.53. The fraction of sp³-hybridized carbons (Fsp3) is 1.00. The Kier molecular flexibility index (Phi) is 4.01. The highest BCUT2D eigenvalue weighted by atomic mass is 16.7. The van der Waals surface area contributed by atoms with Gasteiger partial charge in [0.2, 0.25) is 0 Å². The summed E-state index contributed by atoms with van der Waals surface area (Å²) in [5.74, 6) is 0. The van der Waals surface area contributed by atoms with E-state index in [1.165, 1.54) is 7.11 Å². The van der Waals surface area contributed by atoms with Gasteiger partial charge >= 0.3 is 0 Å². The van der Waals surface area contributed by atoms with Gasteiger partial charge in [-0.3, -0.25) is 0 Å². The predicted molar refractivity (Wildman–Crippen MR) is 46.8 cm³/mol. The van der Waals surface area contributed by atoms with Gasteiger partial charge in [0.1, 0.15) is 23.9 Å². The Labute approximate surface area is 86.5 Å². The smallest absolute Gasteiger partial charge is 0.186 e. The van der Waals surface area contributed by atoms with Crippen LogP contribution < -0.4 is 0 Å². The second kappa shape index (κ2) is 4.71. The molecule has 7 heteroatoms. The van der Waals surface area contributed by atoms with Gasteiger partial charge in [0.05, 0.1) is 13.2 Å². The SMILES string of the molecule is CO[C@@H]1OC(CO)(CO)[C@H](O)[C@H](O)[C@H]1O. The van der Waals surface area contributed by atoms with Crippen molar-refractivity contribution >= 4 is 0 Å². The van der Waals surface area contributed by atoms with E-state index < -0.39 is 43.4 Å². The van der Waals surface area contributed by atoms with Crippen molar-refractivity contribution in [3.8, 4) is 0 Å². The van der Waals surface area contributed by atoms with Crippen molar-refractivity contribution in [2.45, 2.75) is 30.2 Å². The van der Waals surface area contributed by atoms with Crippen molar-refractivity contribution in [3.05, 3.63) is 0 Å². The summed E-state index contributed by atoms with van der Waals surface area (Å²) < 4.78 is 9.75. The molecule has 1 heterocycles. The van der Waals surface area contributed by atoms with E-state index in [1.807, 2.05) is 0 Å². The van der Waals surface area contributed by atoms with Gasteiger partial charge in [0.15, 0.2) is 6.29 Å². The van der Waals surface area contributed by atoms with E-state index in [0.717, 1.165) is 0 Å². The molecule has 0 aromatic rings. The van der Waals surface area contributed by atoms with Crippen LogP contribution in [-0.4, -0.2) is 76.1 Å². The molecule has 0 aromatic carbocycles. The molecule has 1 saturated heterocycles. The van der Waals surface area contributed by atoms with Gasteiger partial charge in [0.25, 0.3) is 0 Å². The molecule has 0 saturated carbocycles. The first kappa shape index (κ1) is 12.8. The van der Waals surface area contributed by atoms with Crippen molar-refractivity contribution in [1.82, 2.24) is 0 Å². The van der Waals surface area contributed by atoms with Crippen LogP contribution in [0.4, 0.5) is 0 Å². The molecule has 1 rings (SSSR count). The third-order valence-corrected chi connectivity index (χ3v) is 2.61. The van der Waals surface area contributed by atoms with Crippen LogP contribution in [0.5, 0.6) is 0 Å². The molecule has 0 amide bonds. The number of aliphatic hydroxyl groups excluding tert-OH is 5. The molecule has 1 aliphatic heterocycles. The zero-order chi connectivity index (χ0) is 11.6. The lowest BCUT2D eigenvalue weighted by atomic mass is 9.88. The summed E-state index contributed by atoms with van der Waals surface area (Å²) in [5.41, 5.74) is -1.72. The van der Waals surface area contributed by atoms with Gasteiger partial charge in [-0.15, -0.1) is 0 Å². The first-order chi connectivity index (χ1) is 7.02. The van der Waals surface area contributed by atoms with Crippen LogP contribution in [0.2, 0.25) is 0 Å². The fourth-order valence-corrected chi connectivity index (χ4v) is 1.53. The van der Waals surface area contributed by atoms with Crippen LogP contribution in [0.15, 0.2) is 0 Å². The zero-order valence-corrected chi connectivity index (χ0v) is 8.28. The Morgan fingerprint density at radius 3 is 2.07 bits per heavy atom. The Morgan fingerprint density at radius 2 is 1.67 bits per heavy atom. The summed E-state index contributed by atoms with van der Waals surface area (Å²) in [6.07, 6.45) is -5.78. The third-order valence-electron chi connectivity index (χ3n) is 2.61. The van der Waals surface area contributed by atoms with Crippen molar-refractivity contribution in [3.63, 3.8) is 0 Å². The molecular formula is C8H16O7. The highest BCUT2D eigenvalue weighted by molar-refractivity contribution is 4.99. The quantitative estimate of drug-likeness (QED) is 0.342. The fourth-order valence-electron chi connectivity index (χ4n) is 1.53. The summed E-state index contributed by atoms with van der Waals surface area (Å²) in [6.45, 7) is -1.40. The molecular weight excluding hydrogens is 208 g/mol. The van der Waals surface area contributed by atoms with Crippen LogP contribution in [0.3, 0.4) is 0 Å². The highest BCUT2D eigenvalue weighted by Gasteiger charge is 2.53. The van der Waals surface area contributed by atoms with Crippen LogP contribution in [-0.2, 0) is 9.47 Å². The predicted octanol–water partition coefficient (Wildman–Crippen LogP) is -3.20. The minimum Gasteiger partial charge on any atom is -0.393 e. The second-order valence-electron chi connectivity index (χ2n) is 3.53. The molecule has 1 aliphatic rings. The van der Waals surface area contributed by atoms with Gasteiger partial charge in [-0.25, -0.2) is 0 Å². The summed E-state index contributed by atoms with van der Waals surface area (Å²) >= 11 is 0. The molecule has 0 unspecified atom stereocenters. The minimum absolute atomic E-state index is 0.700. The zero-order valence-electron chi connectivity index (χ0n) is 8.28. The van der Waals surface area contributed by atoms with Gasteiger partial charge in [-0.1, -0.05) is 0 Å². The highest BCUT2D eigenvalue weighted by Crippen LogP contribution is 2.29. The van der Waals surface area contributed by atoms with E-state index in [2.05, 4.69) is 0 Å². The Balaban J connectivity index is 2.91. The maximum Gasteiger partial charge on any atom is 0.186 e. The lowest BCUT2D eigenvalue weighted by Gasteiger charge is -2.46. The Hall–Kier alpha value is -0.280. The van der Waals surface area contributed by atoms with E-state index in [9.17, 15) is 15.3 Å². The van der Waals surface area contributed by atoms with Gasteiger partial charge < -0.3 is 35.0 Å². The van der Waals surface area contributed by atoms with Gasteiger partial charge in [-0.2, -0.15) is 0 Å². The van der Waals surface area contributed by atoms with Crippen molar-refractivity contribution < 1.29 is 35.0 Å². The monoisotopic (exact) mass is 224 g/mol. The molecule has 0 aliphatic carbocycles. The normalized spacial score (nSPS) is 40.4. The average molecular weight is 224 g/mol. The molecule has 90 valence electrons. The summed E-state index contributed by atoms with van der Waals surface area (Å²) in [6, 6.07) is 0. The van der Waals surface area contributed by atoms with Crippen molar-refractivity contribution in [2.24, 2.45) is 0 Å². The van der Waals surface area contributed by atoms with E-state index in [1.54, 1.807) is 0 Å². The number of hydrogen-bond acceptors (Lipinski definition) is 7. The van der Waals surface area contributed by atoms with E-state index in [4.69, 9.17) is 19.7 Å². The first-order valence-electron chi connectivity index (χ1n) is 4.49. The minimum atomic E-state index is -1.72. The first-order valence-corrected chi connectivity index (χ1v) is 4.49. The van der Waals surface area contributed by atoms with E-state index >= 15 is 0 Å². The lowest BCUT2D eigenvalue weighted by molar-refractivity contribution is -0.339. The molecule has 0 radical (unpaired) electrons. The number of methoxy groups -OCH3 is 1. The van der Waals surface area contributed by atoms with E-state index in [-0.39, 0.29) is 0 Å². The number of aliphatic hydroxyl groups is 5. The molecule has 0 spiro atoms. The van der Waals surface area contributed by atoms with Gasteiger partial charge in [0, 0.05) is 7.11 Å². The molecule has 1 fully saturated rings. The van der Waals surface area contributed by atoms with Crippen LogP contribution in [0.25, 0.3) is 0 Å². The molecule has 0 bridgehead atoms. The van der Waals surface area contributed by atoms with Crippen LogP contribution >= 0.6 is 0 Å². The average Bonchev–Trinajstić information content (AvgIpc) is 2.27. The van der Waals surface area contributed by atoms with Crippen LogP contribution in [0, 0.1) is 0 Å². The Bertz CT molecular complexity index is 203. The summed E-state index contributed by atoms with van der Waals surface area (Å²) in [7, 11) is 1.23. The maximum atomic E-state index is 9.56. The standard InChI is InChI=1S/C8H16O7/c1-14-7-5(12)4(11)6(13)8(2-9,3-10)15-7/h4-7,9-13H,2-3H2,1H3/t4-,5-,6-,7-/m1/s1. The molecule has 15 heavy (non-hydrogen) atoms. The topological polar surface area (TPSA) is 120 Å². The summed E-state index contributed by atoms with van der Waals surface area (Å²) in [4.78, 5) is 0. The third kappa shape index (κ3) is 2.00. The van der Waals surface area contributed by atoms with Crippen molar-refractivity contribution in [1.29, 1.82) is 0 Å². The summed E-state index contributed by atoms with van der Waals surface area (Å²) in [5, 5.41) is 46.5.